The van der Waals surface area contributed by atoms with Crippen molar-refractivity contribution >= 4 is 11.5 Å². The molecule has 1 aromatic rings. The van der Waals surface area contributed by atoms with Gasteiger partial charge in [-0.2, -0.15) is 13.2 Å². The van der Waals surface area contributed by atoms with Crippen LogP contribution < -0.4 is 0 Å². The van der Waals surface area contributed by atoms with Crippen LogP contribution in [0.5, 0.6) is 0 Å². The third-order valence-corrected chi connectivity index (χ3v) is 2.06. The van der Waals surface area contributed by atoms with Crippen LogP contribution in [-0.2, 0) is 9.53 Å². The second kappa shape index (κ2) is 5.47. The van der Waals surface area contributed by atoms with Gasteiger partial charge in [-0.05, 0) is 26.3 Å². The molecule has 0 atom stereocenters. The minimum atomic E-state index is -4.61. The average molecular weight is 272 g/mol. The van der Waals surface area contributed by atoms with Crippen molar-refractivity contribution in [2.75, 3.05) is 0 Å². The summed E-state index contributed by atoms with van der Waals surface area (Å²) in [7, 11) is 0. The molecule has 0 spiro atoms. The predicted molar refractivity (Wildman–Crippen MR) is 66.3 cm³/mol. The first-order chi connectivity index (χ1) is 8.59. The van der Waals surface area contributed by atoms with E-state index < -0.39 is 23.3 Å². The van der Waals surface area contributed by atoms with Crippen LogP contribution in [0.25, 0.3) is 5.57 Å². The lowest BCUT2D eigenvalue weighted by molar-refractivity contribution is -0.148. The molecule has 19 heavy (non-hydrogen) atoms. The van der Waals surface area contributed by atoms with Gasteiger partial charge in [0.15, 0.2) is 0 Å². The van der Waals surface area contributed by atoms with Crippen LogP contribution in [0.4, 0.5) is 13.2 Å². The fraction of sp³-hybridized carbons (Fsp3) is 0.357. The van der Waals surface area contributed by atoms with E-state index in [-0.39, 0.29) is 5.56 Å². The third-order valence-electron chi connectivity index (χ3n) is 2.06. The molecule has 1 rings (SSSR count). The van der Waals surface area contributed by atoms with Crippen LogP contribution in [0.3, 0.4) is 0 Å². The molecule has 0 aromatic heterocycles. The Kier molecular flexibility index (Phi) is 4.39. The van der Waals surface area contributed by atoms with Gasteiger partial charge in [0, 0.05) is 6.08 Å². The van der Waals surface area contributed by atoms with Crippen molar-refractivity contribution in [3.05, 3.63) is 42.0 Å². The molecule has 0 unspecified atom stereocenters. The molecule has 0 saturated carbocycles. The first kappa shape index (κ1) is 15.3. The maximum atomic E-state index is 12.9. The normalized spacial score (nSPS) is 13.3. The van der Waals surface area contributed by atoms with Gasteiger partial charge in [-0.1, -0.05) is 30.3 Å². The molecule has 2 nitrogen and oxygen atoms in total. The van der Waals surface area contributed by atoms with Gasteiger partial charge in [-0.15, -0.1) is 0 Å². The van der Waals surface area contributed by atoms with Gasteiger partial charge in [-0.25, -0.2) is 4.79 Å². The summed E-state index contributed by atoms with van der Waals surface area (Å²) in [6.45, 7) is 4.78. The second-order valence-corrected chi connectivity index (χ2v) is 4.96. The first-order valence-corrected chi connectivity index (χ1v) is 5.67. The first-order valence-electron chi connectivity index (χ1n) is 5.67. The van der Waals surface area contributed by atoms with E-state index in [2.05, 4.69) is 0 Å². The van der Waals surface area contributed by atoms with Crippen molar-refractivity contribution in [1.29, 1.82) is 0 Å². The van der Waals surface area contributed by atoms with Gasteiger partial charge in [-0.3, -0.25) is 0 Å². The number of carbonyl (C=O) groups excluding carboxylic acids is 1. The molecular formula is C14H15F3O2. The van der Waals surface area contributed by atoms with E-state index in [1.807, 2.05) is 0 Å². The molecule has 0 aliphatic heterocycles. The Bertz CT molecular complexity index is 468. The number of ether oxygens (including phenoxy) is 1. The van der Waals surface area contributed by atoms with Gasteiger partial charge < -0.3 is 4.74 Å². The number of hydrogen-bond acceptors (Lipinski definition) is 2. The van der Waals surface area contributed by atoms with Crippen molar-refractivity contribution in [2.24, 2.45) is 0 Å². The molecule has 1 aromatic carbocycles. The summed E-state index contributed by atoms with van der Waals surface area (Å²) < 4.78 is 43.6. The second-order valence-electron chi connectivity index (χ2n) is 4.96. The summed E-state index contributed by atoms with van der Waals surface area (Å²) in [6.07, 6.45) is -4.13. The summed E-state index contributed by atoms with van der Waals surface area (Å²) in [6, 6.07) is 7.15. The monoisotopic (exact) mass is 272 g/mol. The molecule has 0 fully saturated rings. The van der Waals surface area contributed by atoms with Gasteiger partial charge in [0.05, 0.1) is 5.57 Å². The molecule has 0 N–H and O–H groups in total. The standard InChI is InChI=1S/C14H15F3O2/c1-13(2,3)19-12(18)9-11(14(15,16)17)10-7-5-4-6-8-10/h4-9H,1-3H3/b11-9+. The summed E-state index contributed by atoms with van der Waals surface area (Å²) >= 11 is 0. The number of benzene rings is 1. The Hall–Kier alpha value is -1.78. The lowest BCUT2D eigenvalue weighted by atomic mass is 10.1. The molecule has 0 aliphatic carbocycles. The Morgan fingerprint density at radius 3 is 2.05 bits per heavy atom. The van der Waals surface area contributed by atoms with Crippen LogP contribution >= 0.6 is 0 Å². The van der Waals surface area contributed by atoms with E-state index in [9.17, 15) is 18.0 Å². The number of esters is 1. The molecule has 0 amide bonds. The van der Waals surface area contributed by atoms with Crippen LogP contribution in [0, 0.1) is 0 Å². The summed E-state index contributed by atoms with van der Waals surface area (Å²) in [5, 5.41) is 0. The van der Waals surface area contributed by atoms with Gasteiger partial charge in [0.1, 0.15) is 5.60 Å². The molecular weight excluding hydrogens is 257 g/mol. The zero-order valence-corrected chi connectivity index (χ0v) is 10.9. The lowest BCUT2D eigenvalue weighted by Crippen LogP contribution is -2.23. The van der Waals surface area contributed by atoms with Crippen molar-refractivity contribution in [2.45, 2.75) is 32.5 Å². The lowest BCUT2D eigenvalue weighted by Gasteiger charge is -2.19. The number of alkyl halides is 3. The van der Waals surface area contributed by atoms with Crippen LogP contribution in [0.15, 0.2) is 36.4 Å². The maximum absolute atomic E-state index is 12.9. The largest absolute Gasteiger partial charge is 0.457 e. The van der Waals surface area contributed by atoms with E-state index in [0.29, 0.717) is 6.08 Å². The van der Waals surface area contributed by atoms with Crippen LogP contribution in [0.1, 0.15) is 26.3 Å². The Labute approximate surface area is 109 Å². The number of hydrogen-bond donors (Lipinski definition) is 0. The molecule has 5 heteroatoms. The Morgan fingerprint density at radius 2 is 1.63 bits per heavy atom. The Balaban J connectivity index is 3.10. The fourth-order valence-electron chi connectivity index (χ4n) is 1.40. The number of halogens is 3. The van der Waals surface area contributed by atoms with Crippen LogP contribution in [0.2, 0.25) is 0 Å². The van der Waals surface area contributed by atoms with Gasteiger partial charge in [0.2, 0.25) is 0 Å². The number of rotatable bonds is 2. The van der Waals surface area contributed by atoms with Gasteiger partial charge in [0.25, 0.3) is 0 Å². The highest BCUT2D eigenvalue weighted by Crippen LogP contribution is 2.33. The highest BCUT2D eigenvalue weighted by molar-refractivity contribution is 5.92. The van der Waals surface area contributed by atoms with Crippen molar-refractivity contribution < 1.29 is 22.7 Å². The molecule has 0 radical (unpaired) electrons. The number of allylic oxidation sites excluding steroid dienone is 1. The summed E-state index contributed by atoms with van der Waals surface area (Å²) in [5.41, 5.74) is -1.91. The average Bonchev–Trinajstić information content (AvgIpc) is 2.23. The van der Waals surface area contributed by atoms with Gasteiger partial charge >= 0.3 is 12.1 Å². The zero-order valence-electron chi connectivity index (χ0n) is 10.9. The van der Waals surface area contributed by atoms with Crippen molar-refractivity contribution in [1.82, 2.24) is 0 Å². The maximum Gasteiger partial charge on any atom is 0.417 e. The molecule has 0 saturated heterocycles. The molecule has 0 aliphatic rings. The molecule has 0 heterocycles. The fourth-order valence-corrected chi connectivity index (χ4v) is 1.40. The zero-order chi connectivity index (χ0) is 14.7. The summed E-state index contributed by atoms with van der Waals surface area (Å²) in [4.78, 5) is 11.5. The predicted octanol–water partition coefficient (Wildman–Crippen LogP) is 3.97. The van der Waals surface area contributed by atoms with E-state index in [0.717, 1.165) is 0 Å². The van der Waals surface area contributed by atoms with Crippen LogP contribution in [-0.4, -0.2) is 17.7 Å². The third kappa shape index (κ3) is 5.16. The topological polar surface area (TPSA) is 26.3 Å². The van der Waals surface area contributed by atoms with E-state index in [1.165, 1.54) is 24.3 Å². The van der Waals surface area contributed by atoms with E-state index in [1.54, 1.807) is 26.8 Å². The molecule has 104 valence electrons. The molecule has 0 bridgehead atoms. The summed E-state index contributed by atoms with van der Waals surface area (Å²) in [5.74, 6) is -1.01. The SMILES string of the molecule is CC(C)(C)OC(=O)/C=C(\c1ccccc1)C(F)(F)F. The smallest absolute Gasteiger partial charge is 0.417 e. The highest BCUT2D eigenvalue weighted by Gasteiger charge is 2.35. The van der Waals surface area contributed by atoms with Crippen molar-refractivity contribution in [3.63, 3.8) is 0 Å². The Morgan fingerprint density at radius 1 is 1.11 bits per heavy atom. The highest BCUT2D eigenvalue weighted by atomic mass is 19.4. The quantitative estimate of drug-likeness (QED) is 0.601. The van der Waals surface area contributed by atoms with E-state index in [4.69, 9.17) is 4.74 Å². The minimum Gasteiger partial charge on any atom is -0.457 e. The van der Waals surface area contributed by atoms with Crippen molar-refractivity contribution in [3.8, 4) is 0 Å². The minimum absolute atomic E-state index is 0.0686. The van der Waals surface area contributed by atoms with E-state index >= 15 is 0 Å². The number of carbonyl (C=O) groups is 1.